The number of hydrogen-bond donors (Lipinski definition) is 3. The fourth-order valence-electron chi connectivity index (χ4n) is 3.31. The predicted molar refractivity (Wildman–Crippen MR) is 85.7 cm³/mol. The van der Waals surface area contributed by atoms with Crippen LogP contribution in [-0.2, 0) is 16.1 Å². The van der Waals surface area contributed by atoms with E-state index in [1.54, 1.807) is 4.90 Å². The number of aryl methyl sites for hydroxylation is 2. The summed E-state index contributed by atoms with van der Waals surface area (Å²) in [4.78, 5) is 25.9. The summed E-state index contributed by atoms with van der Waals surface area (Å²) in [7, 11) is 0. The smallest absolute Gasteiger partial charge is 0.248 e. The van der Waals surface area contributed by atoms with Crippen LogP contribution in [0.4, 0.5) is 0 Å². The molecule has 0 radical (unpaired) electrons. The van der Waals surface area contributed by atoms with Crippen LogP contribution in [0.3, 0.4) is 0 Å². The first-order chi connectivity index (χ1) is 11.0. The van der Waals surface area contributed by atoms with Crippen molar-refractivity contribution in [1.82, 2.24) is 15.5 Å². The first-order valence-electron chi connectivity index (χ1n) is 8.01. The number of carbonyl (C=O) groups is 2. The highest BCUT2D eigenvalue weighted by Gasteiger charge is 2.45. The molecule has 1 aromatic rings. The number of benzene rings is 1. The average molecular weight is 317 g/mol. The van der Waals surface area contributed by atoms with Crippen molar-refractivity contribution in [2.24, 2.45) is 0 Å². The lowest BCUT2D eigenvalue weighted by atomic mass is 10.1. The molecule has 0 unspecified atom stereocenters. The molecular formula is C17H23N3O3. The van der Waals surface area contributed by atoms with Crippen molar-refractivity contribution < 1.29 is 14.7 Å². The summed E-state index contributed by atoms with van der Waals surface area (Å²) in [5, 5.41) is 15.2. The van der Waals surface area contributed by atoms with Crippen LogP contribution in [0.1, 0.15) is 23.1 Å². The summed E-state index contributed by atoms with van der Waals surface area (Å²) in [6.45, 7) is 5.05. The van der Waals surface area contributed by atoms with Crippen molar-refractivity contribution in [3.8, 4) is 0 Å². The molecular weight excluding hydrogens is 294 g/mol. The monoisotopic (exact) mass is 317 g/mol. The van der Waals surface area contributed by atoms with E-state index in [0.717, 1.165) is 0 Å². The Morgan fingerprint density at radius 2 is 2.09 bits per heavy atom. The van der Waals surface area contributed by atoms with E-state index in [-0.39, 0.29) is 24.5 Å². The van der Waals surface area contributed by atoms with Crippen molar-refractivity contribution in [3.05, 3.63) is 34.9 Å². The van der Waals surface area contributed by atoms with E-state index >= 15 is 0 Å². The molecule has 0 saturated carbocycles. The Kier molecular flexibility index (Phi) is 4.37. The van der Waals surface area contributed by atoms with Crippen LogP contribution in [0, 0.1) is 13.8 Å². The largest absolute Gasteiger partial charge is 0.394 e. The Morgan fingerprint density at radius 1 is 1.30 bits per heavy atom. The molecule has 3 rings (SSSR count). The quantitative estimate of drug-likeness (QED) is 0.721. The van der Waals surface area contributed by atoms with Crippen molar-refractivity contribution >= 4 is 11.8 Å². The van der Waals surface area contributed by atoms with Crippen LogP contribution in [0.2, 0.25) is 0 Å². The number of fused-ring (bicyclic) bond motifs is 1. The molecule has 2 aliphatic rings. The Hall–Kier alpha value is -1.92. The minimum absolute atomic E-state index is 0.0914. The lowest BCUT2D eigenvalue weighted by Crippen LogP contribution is -2.62. The van der Waals surface area contributed by atoms with Gasteiger partial charge < -0.3 is 20.6 Å². The van der Waals surface area contributed by atoms with Crippen molar-refractivity contribution in [2.75, 3.05) is 13.2 Å². The predicted octanol–water partition coefficient (Wildman–Crippen LogP) is -0.147. The lowest BCUT2D eigenvalue weighted by Gasteiger charge is -2.33. The van der Waals surface area contributed by atoms with E-state index in [1.165, 1.54) is 16.7 Å². The summed E-state index contributed by atoms with van der Waals surface area (Å²) < 4.78 is 0. The van der Waals surface area contributed by atoms with Gasteiger partial charge in [0.2, 0.25) is 11.8 Å². The van der Waals surface area contributed by atoms with E-state index in [1.807, 2.05) is 0 Å². The fourth-order valence-corrected chi connectivity index (χ4v) is 3.31. The first-order valence-corrected chi connectivity index (χ1v) is 8.01. The Bertz CT molecular complexity index is 632. The topological polar surface area (TPSA) is 81.7 Å². The van der Waals surface area contributed by atoms with Crippen molar-refractivity contribution in [1.29, 1.82) is 0 Å². The van der Waals surface area contributed by atoms with Crippen LogP contribution in [-0.4, -0.2) is 53.1 Å². The molecule has 0 aliphatic carbocycles. The Labute approximate surface area is 135 Å². The van der Waals surface area contributed by atoms with Gasteiger partial charge in [-0.05, 0) is 37.0 Å². The van der Waals surface area contributed by atoms with E-state index in [0.29, 0.717) is 19.5 Å². The molecule has 124 valence electrons. The van der Waals surface area contributed by atoms with Gasteiger partial charge in [0.15, 0.2) is 0 Å². The Balaban J connectivity index is 1.62. The van der Waals surface area contributed by atoms with Crippen LogP contribution < -0.4 is 10.6 Å². The van der Waals surface area contributed by atoms with Gasteiger partial charge in [-0.3, -0.25) is 9.59 Å². The van der Waals surface area contributed by atoms with Crippen LogP contribution in [0.25, 0.3) is 0 Å². The average Bonchev–Trinajstić information content (AvgIpc) is 2.97. The van der Waals surface area contributed by atoms with Gasteiger partial charge in [-0.2, -0.15) is 0 Å². The van der Waals surface area contributed by atoms with E-state index in [4.69, 9.17) is 0 Å². The number of aliphatic hydroxyl groups excluding tert-OH is 1. The van der Waals surface area contributed by atoms with Gasteiger partial charge in [-0.25, -0.2) is 0 Å². The summed E-state index contributed by atoms with van der Waals surface area (Å²) in [5.41, 5.74) is 3.72. The molecule has 6 nitrogen and oxygen atoms in total. The van der Waals surface area contributed by atoms with Gasteiger partial charge >= 0.3 is 0 Å². The maximum Gasteiger partial charge on any atom is 0.248 e. The maximum atomic E-state index is 12.2. The zero-order chi connectivity index (χ0) is 16.6. The molecule has 0 bridgehead atoms. The molecule has 6 heteroatoms. The summed E-state index contributed by atoms with van der Waals surface area (Å²) >= 11 is 0. The number of nitrogens with zero attached hydrogens (tertiary/aromatic N) is 1. The highest BCUT2D eigenvalue weighted by atomic mass is 16.3. The fraction of sp³-hybridized carbons (Fsp3) is 0.529. The third-order valence-electron chi connectivity index (χ3n) is 4.85. The number of rotatable bonds is 4. The van der Waals surface area contributed by atoms with Crippen LogP contribution in [0.15, 0.2) is 18.2 Å². The summed E-state index contributed by atoms with van der Waals surface area (Å²) in [6, 6.07) is 5.24. The number of hydrogen-bond acceptors (Lipinski definition) is 4. The molecule has 2 aliphatic heterocycles. The zero-order valence-electron chi connectivity index (χ0n) is 13.5. The molecule has 3 N–H and O–H groups in total. The number of nitrogens with one attached hydrogen (secondary N) is 2. The molecule has 1 aromatic carbocycles. The molecule has 3 atom stereocenters. The highest BCUT2D eigenvalue weighted by molar-refractivity contribution is 5.97. The van der Waals surface area contributed by atoms with E-state index in [9.17, 15) is 14.7 Å². The van der Waals surface area contributed by atoms with Crippen molar-refractivity contribution in [2.45, 2.75) is 44.9 Å². The normalized spacial score (nSPS) is 27.1. The highest BCUT2D eigenvalue weighted by Crippen LogP contribution is 2.23. The van der Waals surface area contributed by atoms with Gasteiger partial charge in [-0.1, -0.05) is 18.2 Å². The molecule has 0 aromatic heterocycles. The third-order valence-corrected chi connectivity index (χ3v) is 4.85. The maximum absolute atomic E-state index is 12.2. The lowest BCUT2D eigenvalue weighted by molar-refractivity contribution is -0.148. The molecule has 2 fully saturated rings. The third kappa shape index (κ3) is 3.09. The van der Waals surface area contributed by atoms with Crippen LogP contribution >= 0.6 is 0 Å². The van der Waals surface area contributed by atoms with Gasteiger partial charge in [0.1, 0.15) is 12.1 Å². The minimum atomic E-state index is -0.794. The Morgan fingerprint density at radius 3 is 2.78 bits per heavy atom. The molecule has 0 spiro atoms. The first kappa shape index (κ1) is 16.0. The second-order valence-corrected chi connectivity index (χ2v) is 6.48. The second kappa shape index (κ2) is 6.29. The number of piperazine rings is 1. The van der Waals surface area contributed by atoms with Crippen LogP contribution in [0.5, 0.6) is 0 Å². The number of amides is 2. The van der Waals surface area contributed by atoms with Gasteiger partial charge in [0.25, 0.3) is 0 Å². The summed E-state index contributed by atoms with van der Waals surface area (Å²) in [5.74, 6) is -0.355. The van der Waals surface area contributed by atoms with E-state index in [2.05, 4.69) is 42.7 Å². The number of carbonyl (C=O) groups excluding carboxylic acids is 2. The van der Waals surface area contributed by atoms with E-state index < -0.39 is 12.1 Å². The standard InChI is InChI=1S/C17H23N3O3/c1-10-3-4-12(5-11(10)2)7-18-13-6-15-16(22)19-14(9-21)17(23)20(15)8-13/h3-5,13-15,18,21H,6-9H2,1-2H3,(H,19,22)/t13-,14-,15-/m0/s1. The molecule has 23 heavy (non-hydrogen) atoms. The SMILES string of the molecule is Cc1ccc(CN[C@H]2C[C@H]3C(=O)N[C@@H](CO)C(=O)N3C2)cc1C. The number of aliphatic hydroxyl groups is 1. The van der Waals surface area contributed by atoms with Crippen molar-refractivity contribution in [3.63, 3.8) is 0 Å². The van der Waals surface area contributed by atoms with Gasteiger partial charge in [0.05, 0.1) is 6.61 Å². The second-order valence-electron chi connectivity index (χ2n) is 6.48. The summed E-state index contributed by atoms with van der Waals surface area (Å²) in [6.07, 6.45) is 0.612. The zero-order valence-corrected chi connectivity index (χ0v) is 13.5. The molecule has 2 heterocycles. The van der Waals surface area contributed by atoms with Gasteiger partial charge in [-0.15, -0.1) is 0 Å². The van der Waals surface area contributed by atoms with Gasteiger partial charge in [0, 0.05) is 19.1 Å². The molecule has 2 amide bonds. The minimum Gasteiger partial charge on any atom is -0.394 e. The molecule has 2 saturated heterocycles.